The molecule has 34 heavy (non-hydrogen) atoms. The standard InChI is InChI=1S/C24H21N3O6S/c1-14-21(23(30)31-12-15-5-3-2-4-6-15)34-24(25-14)26-22(29)16-9-20(28)27(11-16)17-7-8-18-19(10-17)33-13-32-18/h2-8,10,16H,9,11-13H2,1H3,(H,25,26,29). The van der Waals surface area contributed by atoms with E-state index in [4.69, 9.17) is 14.2 Å². The third-order valence-electron chi connectivity index (χ3n) is 5.59. The van der Waals surface area contributed by atoms with Crippen LogP contribution in [0.5, 0.6) is 11.5 Å². The summed E-state index contributed by atoms with van der Waals surface area (Å²) in [6.45, 7) is 2.22. The zero-order valence-electron chi connectivity index (χ0n) is 18.3. The van der Waals surface area contributed by atoms with Crippen LogP contribution < -0.4 is 19.7 Å². The number of aromatic nitrogens is 1. The van der Waals surface area contributed by atoms with Crippen molar-refractivity contribution in [3.63, 3.8) is 0 Å². The van der Waals surface area contributed by atoms with Gasteiger partial charge in [-0.05, 0) is 24.6 Å². The van der Waals surface area contributed by atoms with Crippen molar-refractivity contribution in [1.29, 1.82) is 0 Å². The number of fused-ring (bicyclic) bond motifs is 1. The molecule has 5 rings (SSSR count). The van der Waals surface area contributed by atoms with Crippen LogP contribution in [0.4, 0.5) is 10.8 Å². The van der Waals surface area contributed by atoms with E-state index in [1.54, 1.807) is 30.0 Å². The molecule has 1 atom stereocenters. The lowest BCUT2D eigenvalue weighted by atomic mass is 10.1. The minimum Gasteiger partial charge on any atom is -0.457 e. The van der Waals surface area contributed by atoms with E-state index < -0.39 is 11.9 Å². The number of ether oxygens (including phenoxy) is 3. The molecule has 2 aliphatic rings. The van der Waals surface area contributed by atoms with Crippen LogP contribution in [0.25, 0.3) is 0 Å². The highest BCUT2D eigenvalue weighted by atomic mass is 32.1. The Morgan fingerprint density at radius 3 is 2.79 bits per heavy atom. The number of aryl methyl sites for hydroxylation is 1. The molecule has 3 aromatic rings. The predicted molar refractivity (Wildman–Crippen MR) is 124 cm³/mol. The molecule has 1 N–H and O–H groups in total. The summed E-state index contributed by atoms with van der Waals surface area (Å²) in [4.78, 5) is 44.1. The van der Waals surface area contributed by atoms with Gasteiger partial charge in [-0.3, -0.25) is 9.59 Å². The molecule has 2 amide bonds. The molecule has 174 valence electrons. The summed E-state index contributed by atoms with van der Waals surface area (Å²) in [5, 5.41) is 3.04. The summed E-state index contributed by atoms with van der Waals surface area (Å²) in [7, 11) is 0. The van der Waals surface area contributed by atoms with Gasteiger partial charge in [0.1, 0.15) is 11.5 Å². The Morgan fingerprint density at radius 1 is 1.18 bits per heavy atom. The molecular formula is C24H21N3O6S. The molecule has 0 aliphatic carbocycles. The molecule has 1 aromatic heterocycles. The van der Waals surface area contributed by atoms with Crippen molar-refractivity contribution in [1.82, 2.24) is 4.98 Å². The molecule has 1 saturated heterocycles. The Bertz CT molecular complexity index is 1260. The van der Waals surface area contributed by atoms with Crippen LogP contribution in [0.1, 0.15) is 27.3 Å². The van der Waals surface area contributed by atoms with Crippen molar-refractivity contribution in [2.45, 2.75) is 20.0 Å². The number of carbonyl (C=O) groups is 3. The second-order valence-corrected chi connectivity index (χ2v) is 8.93. The zero-order valence-corrected chi connectivity index (χ0v) is 19.1. The van der Waals surface area contributed by atoms with E-state index in [-0.39, 0.29) is 38.2 Å². The van der Waals surface area contributed by atoms with Gasteiger partial charge in [-0.25, -0.2) is 9.78 Å². The number of thiazole rings is 1. The number of amides is 2. The fourth-order valence-electron chi connectivity index (χ4n) is 3.82. The van der Waals surface area contributed by atoms with Gasteiger partial charge in [-0.15, -0.1) is 0 Å². The van der Waals surface area contributed by atoms with Crippen LogP contribution >= 0.6 is 11.3 Å². The zero-order chi connectivity index (χ0) is 23.7. The fourth-order valence-corrected chi connectivity index (χ4v) is 4.68. The van der Waals surface area contributed by atoms with Gasteiger partial charge < -0.3 is 24.4 Å². The second kappa shape index (κ2) is 9.14. The molecule has 2 aromatic carbocycles. The van der Waals surface area contributed by atoms with E-state index in [1.807, 2.05) is 30.3 Å². The molecule has 0 spiro atoms. The minimum absolute atomic E-state index is 0.0800. The summed E-state index contributed by atoms with van der Waals surface area (Å²) in [6.07, 6.45) is 0.0800. The SMILES string of the molecule is Cc1nc(NC(=O)C2CC(=O)N(c3ccc4c(c3)OCO4)C2)sc1C(=O)OCc1ccccc1. The molecule has 2 aliphatic heterocycles. The van der Waals surface area contributed by atoms with Gasteiger partial charge in [0, 0.05) is 24.7 Å². The Kier molecular flexibility index (Phi) is 5.89. The van der Waals surface area contributed by atoms with Crippen molar-refractivity contribution in [2.75, 3.05) is 23.6 Å². The first-order chi connectivity index (χ1) is 16.5. The van der Waals surface area contributed by atoms with Crippen LogP contribution in [0, 0.1) is 12.8 Å². The van der Waals surface area contributed by atoms with Gasteiger partial charge >= 0.3 is 5.97 Å². The first kappa shape index (κ1) is 21.9. The van der Waals surface area contributed by atoms with E-state index in [0.717, 1.165) is 16.9 Å². The van der Waals surface area contributed by atoms with Crippen LogP contribution in [-0.2, 0) is 20.9 Å². The maximum atomic E-state index is 12.8. The molecule has 10 heteroatoms. The lowest BCUT2D eigenvalue weighted by Crippen LogP contribution is -2.28. The summed E-state index contributed by atoms with van der Waals surface area (Å²) in [5.74, 6) is -0.320. The monoisotopic (exact) mass is 479 g/mol. The van der Waals surface area contributed by atoms with Gasteiger partial charge in [0.25, 0.3) is 0 Å². The lowest BCUT2D eigenvalue weighted by molar-refractivity contribution is -0.122. The van der Waals surface area contributed by atoms with E-state index >= 15 is 0 Å². The van der Waals surface area contributed by atoms with Crippen molar-refractivity contribution in [2.24, 2.45) is 5.92 Å². The second-order valence-electron chi connectivity index (χ2n) is 7.93. The molecule has 0 saturated carbocycles. The van der Waals surface area contributed by atoms with Crippen LogP contribution in [0.2, 0.25) is 0 Å². The summed E-state index contributed by atoms with van der Waals surface area (Å²) in [5.41, 5.74) is 2.00. The van der Waals surface area contributed by atoms with Gasteiger partial charge in [0.05, 0.1) is 11.6 Å². The van der Waals surface area contributed by atoms with Crippen molar-refractivity contribution in [3.8, 4) is 11.5 Å². The molecule has 0 radical (unpaired) electrons. The van der Waals surface area contributed by atoms with Crippen molar-refractivity contribution >= 4 is 39.9 Å². The number of nitrogens with one attached hydrogen (secondary N) is 1. The Labute approximate surface area is 199 Å². The molecule has 3 heterocycles. The average Bonchev–Trinajstić information content (AvgIpc) is 3.56. The number of hydrogen-bond acceptors (Lipinski definition) is 8. The number of hydrogen-bond donors (Lipinski definition) is 1. The van der Waals surface area contributed by atoms with Crippen molar-refractivity contribution in [3.05, 3.63) is 64.7 Å². The maximum absolute atomic E-state index is 12.8. The highest BCUT2D eigenvalue weighted by Gasteiger charge is 2.36. The smallest absolute Gasteiger partial charge is 0.350 e. The molecule has 1 unspecified atom stereocenters. The summed E-state index contributed by atoms with van der Waals surface area (Å²) < 4.78 is 16.1. The van der Waals surface area contributed by atoms with Crippen molar-refractivity contribution < 1.29 is 28.6 Å². The topological polar surface area (TPSA) is 107 Å². The van der Waals surface area contributed by atoms with Crippen LogP contribution in [0.15, 0.2) is 48.5 Å². The van der Waals surface area contributed by atoms with Gasteiger partial charge in [0.2, 0.25) is 18.6 Å². The third kappa shape index (κ3) is 4.44. The third-order valence-corrected chi connectivity index (χ3v) is 6.64. The Hall–Kier alpha value is -3.92. The lowest BCUT2D eigenvalue weighted by Gasteiger charge is -2.17. The Balaban J connectivity index is 1.21. The maximum Gasteiger partial charge on any atom is 0.350 e. The van der Waals surface area contributed by atoms with E-state index in [9.17, 15) is 14.4 Å². The van der Waals surface area contributed by atoms with Crippen LogP contribution in [-0.4, -0.2) is 36.1 Å². The molecular weight excluding hydrogens is 458 g/mol. The molecule has 1 fully saturated rings. The number of nitrogens with zero attached hydrogens (tertiary/aromatic N) is 2. The number of esters is 1. The molecule has 9 nitrogen and oxygen atoms in total. The first-order valence-corrected chi connectivity index (χ1v) is 11.5. The first-order valence-electron chi connectivity index (χ1n) is 10.7. The number of benzene rings is 2. The van der Waals surface area contributed by atoms with Crippen LogP contribution in [0.3, 0.4) is 0 Å². The quantitative estimate of drug-likeness (QED) is 0.539. The van der Waals surface area contributed by atoms with E-state index in [2.05, 4.69) is 10.3 Å². The summed E-state index contributed by atoms with van der Waals surface area (Å²) >= 11 is 1.05. The van der Waals surface area contributed by atoms with E-state index in [0.29, 0.717) is 32.9 Å². The minimum atomic E-state index is -0.546. The highest BCUT2D eigenvalue weighted by Crippen LogP contribution is 2.37. The largest absolute Gasteiger partial charge is 0.457 e. The number of anilines is 2. The predicted octanol–water partition coefficient (Wildman–Crippen LogP) is 3.53. The van der Waals surface area contributed by atoms with Gasteiger partial charge in [-0.1, -0.05) is 41.7 Å². The van der Waals surface area contributed by atoms with Gasteiger partial charge in [-0.2, -0.15) is 0 Å². The Morgan fingerprint density at radius 2 is 1.97 bits per heavy atom. The summed E-state index contributed by atoms with van der Waals surface area (Å²) in [6, 6.07) is 14.6. The fraction of sp³-hybridized carbons (Fsp3) is 0.250. The van der Waals surface area contributed by atoms with Gasteiger partial charge in [0.15, 0.2) is 16.6 Å². The van der Waals surface area contributed by atoms with E-state index in [1.165, 1.54) is 0 Å². The number of carbonyl (C=O) groups excluding carboxylic acids is 3. The normalized spacial score (nSPS) is 16.6. The average molecular weight is 480 g/mol. The molecule has 0 bridgehead atoms. The highest BCUT2D eigenvalue weighted by molar-refractivity contribution is 7.17. The number of rotatable bonds is 6.